The Labute approximate surface area is 313 Å². The fraction of sp³-hybridized carbons (Fsp3) is 0.0588. The summed E-state index contributed by atoms with van der Waals surface area (Å²) in [5, 5.41) is 4.31. The zero-order valence-electron chi connectivity index (χ0n) is 30.0. The molecule has 0 saturated heterocycles. The highest BCUT2D eigenvalue weighted by Crippen LogP contribution is 2.52. The predicted molar refractivity (Wildman–Crippen MR) is 224 cm³/mol. The van der Waals surface area contributed by atoms with Crippen molar-refractivity contribution in [3.05, 3.63) is 187 Å². The molecule has 2 aromatic heterocycles. The lowest BCUT2D eigenvalue weighted by Gasteiger charge is -2.26. The molecule has 0 bridgehead atoms. The standard InChI is InChI=1S/C51H35NO2/c1-51(2)41-19-11-9-17-38(41)39-26-23-34(31-42(39)51)37-27-28-43(50-48(37)49-46(54-50)30-29-45-47(49)40-18-10-12-20-44(40)53-45)52(35-15-7-4-8-16-35)36-24-21-33(22-25-36)32-13-5-3-6-14-32/h3-31H,1-2H3. The van der Waals surface area contributed by atoms with E-state index < -0.39 is 0 Å². The summed E-state index contributed by atoms with van der Waals surface area (Å²) >= 11 is 0. The van der Waals surface area contributed by atoms with Crippen molar-refractivity contribution in [2.24, 2.45) is 0 Å². The van der Waals surface area contributed by atoms with Crippen LogP contribution >= 0.6 is 0 Å². The Kier molecular flexibility index (Phi) is 6.60. The number of furan rings is 2. The van der Waals surface area contributed by atoms with Crippen molar-refractivity contribution in [3.8, 4) is 33.4 Å². The van der Waals surface area contributed by atoms with E-state index in [2.05, 4.69) is 176 Å². The number of hydrogen-bond acceptors (Lipinski definition) is 3. The van der Waals surface area contributed by atoms with E-state index in [0.717, 1.165) is 72.1 Å². The smallest absolute Gasteiger partial charge is 0.160 e. The summed E-state index contributed by atoms with van der Waals surface area (Å²) in [7, 11) is 0. The van der Waals surface area contributed by atoms with E-state index in [-0.39, 0.29) is 5.41 Å². The highest BCUT2D eigenvalue weighted by atomic mass is 16.3. The molecular weight excluding hydrogens is 659 g/mol. The molecule has 0 aliphatic heterocycles. The molecule has 2 heterocycles. The lowest BCUT2D eigenvalue weighted by Crippen LogP contribution is -2.14. The molecule has 8 aromatic carbocycles. The van der Waals surface area contributed by atoms with Crippen molar-refractivity contribution in [3.63, 3.8) is 0 Å². The third-order valence-electron chi connectivity index (χ3n) is 11.5. The first-order chi connectivity index (χ1) is 26.5. The van der Waals surface area contributed by atoms with Gasteiger partial charge in [0.15, 0.2) is 5.58 Å². The molecule has 0 spiro atoms. The molecule has 0 N–H and O–H groups in total. The minimum atomic E-state index is -0.122. The average molecular weight is 694 g/mol. The van der Waals surface area contributed by atoms with Crippen molar-refractivity contribution < 1.29 is 8.83 Å². The largest absolute Gasteiger partial charge is 0.456 e. The van der Waals surface area contributed by atoms with E-state index in [4.69, 9.17) is 8.83 Å². The molecule has 3 heteroatoms. The fourth-order valence-corrected chi connectivity index (χ4v) is 8.89. The molecule has 3 nitrogen and oxygen atoms in total. The molecule has 1 aliphatic carbocycles. The number of hydrogen-bond donors (Lipinski definition) is 0. The van der Waals surface area contributed by atoms with Gasteiger partial charge in [0.05, 0.1) is 5.69 Å². The minimum Gasteiger partial charge on any atom is -0.456 e. The van der Waals surface area contributed by atoms with Gasteiger partial charge in [0.2, 0.25) is 0 Å². The van der Waals surface area contributed by atoms with Crippen LogP contribution in [0.5, 0.6) is 0 Å². The maximum absolute atomic E-state index is 7.09. The summed E-state index contributed by atoms with van der Waals surface area (Å²) in [5.41, 5.74) is 16.3. The van der Waals surface area contributed by atoms with Gasteiger partial charge in [-0.2, -0.15) is 0 Å². The summed E-state index contributed by atoms with van der Waals surface area (Å²) in [5.74, 6) is 0. The first-order valence-corrected chi connectivity index (χ1v) is 18.6. The monoisotopic (exact) mass is 693 g/mol. The Morgan fingerprint density at radius 1 is 0.407 bits per heavy atom. The highest BCUT2D eigenvalue weighted by molar-refractivity contribution is 6.29. The van der Waals surface area contributed by atoms with Gasteiger partial charge in [-0.25, -0.2) is 0 Å². The first kappa shape index (κ1) is 30.8. The van der Waals surface area contributed by atoms with Crippen LogP contribution < -0.4 is 4.90 Å². The van der Waals surface area contributed by atoms with Crippen LogP contribution in [-0.2, 0) is 5.41 Å². The van der Waals surface area contributed by atoms with Gasteiger partial charge >= 0.3 is 0 Å². The van der Waals surface area contributed by atoms with Crippen molar-refractivity contribution in [2.45, 2.75) is 19.3 Å². The summed E-state index contributed by atoms with van der Waals surface area (Å²) in [6, 6.07) is 62.7. The molecular formula is C51H35NO2. The van der Waals surface area contributed by atoms with Crippen LogP contribution in [0.1, 0.15) is 25.0 Å². The Morgan fingerprint density at radius 3 is 1.83 bits per heavy atom. The molecule has 0 unspecified atom stereocenters. The van der Waals surface area contributed by atoms with E-state index in [9.17, 15) is 0 Å². The molecule has 0 saturated carbocycles. The van der Waals surface area contributed by atoms with Crippen LogP contribution in [0.15, 0.2) is 185 Å². The number of fused-ring (bicyclic) bond motifs is 10. The first-order valence-electron chi connectivity index (χ1n) is 18.6. The molecule has 0 radical (unpaired) electrons. The van der Waals surface area contributed by atoms with Gasteiger partial charge in [-0.1, -0.05) is 135 Å². The molecule has 0 atom stereocenters. The lowest BCUT2D eigenvalue weighted by molar-refractivity contribution is 0.660. The van der Waals surface area contributed by atoms with E-state index in [1.807, 2.05) is 18.2 Å². The van der Waals surface area contributed by atoms with Crippen molar-refractivity contribution in [1.29, 1.82) is 0 Å². The summed E-state index contributed by atoms with van der Waals surface area (Å²) in [6.45, 7) is 4.69. The zero-order valence-corrected chi connectivity index (χ0v) is 30.0. The van der Waals surface area contributed by atoms with Crippen LogP contribution in [0, 0.1) is 0 Å². The maximum atomic E-state index is 7.09. The van der Waals surface area contributed by atoms with Crippen molar-refractivity contribution in [2.75, 3.05) is 4.90 Å². The van der Waals surface area contributed by atoms with Crippen LogP contribution in [-0.4, -0.2) is 0 Å². The molecule has 0 amide bonds. The zero-order chi connectivity index (χ0) is 36.0. The molecule has 10 aromatic rings. The van der Waals surface area contributed by atoms with Gasteiger partial charge in [0.1, 0.15) is 16.7 Å². The lowest BCUT2D eigenvalue weighted by atomic mass is 9.81. The Balaban J connectivity index is 1.20. The van der Waals surface area contributed by atoms with E-state index in [0.29, 0.717) is 0 Å². The topological polar surface area (TPSA) is 29.5 Å². The SMILES string of the molecule is CC1(C)c2ccccc2-c2ccc(-c3ccc(N(c4ccccc4)c4ccc(-c5ccccc5)cc4)c4oc5ccc6oc7ccccc7c6c5c34)cc21. The van der Waals surface area contributed by atoms with E-state index in [1.165, 1.54) is 33.4 Å². The highest BCUT2D eigenvalue weighted by Gasteiger charge is 2.35. The van der Waals surface area contributed by atoms with Gasteiger partial charge in [0, 0.05) is 38.3 Å². The summed E-state index contributed by atoms with van der Waals surface area (Å²) in [6.07, 6.45) is 0. The second kappa shape index (κ2) is 11.6. The number of benzene rings is 8. The number of nitrogens with zero attached hydrogens (tertiary/aromatic N) is 1. The summed E-state index contributed by atoms with van der Waals surface area (Å²) in [4.78, 5) is 2.32. The van der Waals surface area contributed by atoms with Crippen molar-refractivity contribution in [1.82, 2.24) is 0 Å². The van der Waals surface area contributed by atoms with Gasteiger partial charge < -0.3 is 13.7 Å². The predicted octanol–water partition coefficient (Wildman–Crippen LogP) is 14.6. The molecule has 0 fully saturated rings. The number of rotatable bonds is 5. The van der Waals surface area contributed by atoms with Gasteiger partial charge in [-0.3, -0.25) is 0 Å². The number of para-hydroxylation sites is 2. The third-order valence-corrected chi connectivity index (χ3v) is 11.5. The van der Waals surface area contributed by atoms with Crippen LogP contribution in [0.25, 0.3) is 77.3 Å². The minimum absolute atomic E-state index is 0.122. The number of anilines is 3. The Bertz CT molecular complexity index is 3060. The molecule has 256 valence electrons. The normalized spacial score (nSPS) is 13.1. The van der Waals surface area contributed by atoms with Crippen LogP contribution in [0.3, 0.4) is 0 Å². The van der Waals surface area contributed by atoms with Gasteiger partial charge in [0.25, 0.3) is 0 Å². The second-order valence-corrected chi connectivity index (χ2v) is 14.9. The molecule has 1 aliphatic rings. The molecule has 54 heavy (non-hydrogen) atoms. The second-order valence-electron chi connectivity index (χ2n) is 14.9. The van der Waals surface area contributed by atoms with Gasteiger partial charge in [-0.15, -0.1) is 0 Å². The fourth-order valence-electron chi connectivity index (χ4n) is 8.89. The quantitative estimate of drug-likeness (QED) is 0.180. The van der Waals surface area contributed by atoms with Crippen LogP contribution in [0.2, 0.25) is 0 Å². The average Bonchev–Trinajstić information content (AvgIpc) is 3.87. The van der Waals surface area contributed by atoms with E-state index >= 15 is 0 Å². The van der Waals surface area contributed by atoms with E-state index in [1.54, 1.807) is 0 Å². The van der Waals surface area contributed by atoms with Crippen LogP contribution in [0.4, 0.5) is 17.1 Å². The Morgan fingerprint density at radius 2 is 1.02 bits per heavy atom. The Hall–Kier alpha value is -6.84. The maximum Gasteiger partial charge on any atom is 0.160 e. The summed E-state index contributed by atoms with van der Waals surface area (Å²) < 4.78 is 13.6. The van der Waals surface area contributed by atoms with Crippen molar-refractivity contribution >= 4 is 60.9 Å². The van der Waals surface area contributed by atoms with Gasteiger partial charge in [-0.05, 0) is 99.1 Å². The third kappa shape index (κ3) is 4.48. The molecule has 11 rings (SSSR count).